The summed E-state index contributed by atoms with van der Waals surface area (Å²) in [5.41, 5.74) is 0.273. The molecule has 0 saturated heterocycles. The maximum Gasteiger partial charge on any atom is 0.302 e. The summed E-state index contributed by atoms with van der Waals surface area (Å²) < 4.78 is 5.69. The first kappa shape index (κ1) is 17.8. The Morgan fingerprint density at radius 1 is 0.960 bits per heavy atom. The molecule has 4 fully saturated rings. The smallest absolute Gasteiger partial charge is 0.302 e. The second kappa shape index (κ2) is 5.95. The van der Waals surface area contributed by atoms with Crippen molar-refractivity contribution in [3.63, 3.8) is 0 Å². The molecule has 25 heavy (non-hydrogen) atoms. The zero-order valence-electron chi connectivity index (χ0n) is 15.9. The molecule has 4 rings (SSSR count). The zero-order valence-corrected chi connectivity index (χ0v) is 15.9. The van der Waals surface area contributed by atoms with Crippen LogP contribution < -0.4 is 0 Å². The molecule has 5 unspecified atom stereocenters. The third kappa shape index (κ3) is 2.58. The molecule has 0 aliphatic heterocycles. The Hall–Kier alpha value is -0.610. The average molecular weight is 350 g/mol. The second-order valence-corrected chi connectivity index (χ2v) is 9.94. The van der Waals surface area contributed by atoms with E-state index in [0.29, 0.717) is 23.7 Å². The Labute approximate surface area is 151 Å². The number of aliphatic hydroxyl groups excluding tert-OH is 2. The molecule has 4 aliphatic rings. The normalized spacial score (nSPS) is 55.0. The van der Waals surface area contributed by atoms with Crippen LogP contribution in [0.5, 0.6) is 0 Å². The van der Waals surface area contributed by atoms with Crippen LogP contribution in [0.4, 0.5) is 0 Å². The van der Waals surface area contributed by atoms with E-state index in [1.54, 1.807) is 0 Å². The topological polar surface area (TPSA) is 66.8 Å². The molecular weight excluding hydrogens is 316 g/mol. The van der Waals surface area contributed by atoms with Gasteiger partial charge >= 0.3 is 5.97 Å². The van der Waals surface area contributed by atoms with Gasteiger partial charge in [0, 0.05) is 12.3 Å². The van der Waals surface area contributed by atoms with E-state index in [9.17, 15) is 15.0 Å². The number of hydrogen-bond donors (Lipinski definition) is 2. The van der Waals surface area contributed by atoms with Crippen molar-refractivity contribution in [3.05, 3.63) is 0 Å². The number of rotatable bonds is 1. The molecule has 0 amide bonds. The van der Waals surface area contributed by atoms with Gasteiger partial charge in [-0.1, -0.05) is 13.8 Å². The van der Waals surface area contributed by atoms with Crippen LogP contribution >= 0.6 is 0 Å². The number of carbonyl (C=O) groups excluding carboxylic acids is 1. The van der Waals surface area contributed by atoms with Gasteiger partial charge in [0.25, 0.3) is 0 Å². The summed E-state index contributed by atoms with van der Waals surface area (Å²) in [6, 6.07) is 0. The van der Waals surface area contributed by atoms with Gasteiger partial charge in [0.1, 0.15) is 6.10 Å². The molecule has 0 aromatic carbocycles. The van der Waals surface area contributed by atoms with Crippen LogP contribution in [0, 0.1) is 34.5 Å². The Morgan fingerprint density at radius 2 is 1.64 bits per heavy atom. The van der Waals surface area contributed by atoms with E-state index in [1.165, 1.54) is 6.92 Å². The quantitative estimate of drug-likeness (QED) is 0.712. The minimum atomic E-state index is -0.269. The summed E-state index contributed by atoms with van der Waals surface area (Å²) >= 11 is 0. The Bertz CT molecular complexity index is 548. The van der Waals surface area contributed by atoms with Crippen LogP contribution in [-0.2, 0) is 9.53 Å². The first-order valence-electron chi connectivity index (χ1n) is 10.3. The van der Waals surface area contributed by atoms with Crippen LogP contribution in [0.3, 0.4) is 0 Å². The van der Waals surface area contributed by atoms with Gasteiger partial charge in [0.15, 0.2) is 0 Å². The van der Waals surface area contributed by atoms with Crippen molar-refractivity contribution in [1.82, 2.24) is 0 Å². The standard InChI is InChI=1S/C21H34O4/c1-12(22)25-18-5-4-15-19-16(7-9-21(15,18)3)20(2)8-6-14(23)10-13(20)11-17(19)24/h13-19,23-24H,4-11H2,1-3H3/t13?,14-,15?,16?,17?,18-,19?,20-,21-/m0/s1. The van der Waals surface area contributed by atoms with Gasteiger partial charge in [0.2, 0.25) is 0 Å². The van der Waals surface area contributed by atoms with Crippen molar-refractivity contribution >= 4 is 5.97 Å². The molecule has 4 heteroatoms. The maximum absolute atomic E-state index is 11.5. The van der Waals surface area contributed by atoms with Gasteiger partial charge in [-0.05, 0) is 80.5 Å². The minimum Gasteiger partial charge on any atom is -0.462 e. The maximum atomic E-state index is 11.5. The number of esters is 1. The third-order valence-corrected chi connectivity index (χ3v) is 8.88. The highest BCUT2D eigenvalue weighted by atomic mass is 16.5. The van der Waals surface area contributed by atoms with Crippen LogP contribution in [0.15, 0.2) is 0 Å². The molecule has 0 spiro atoms. The fourth-order valence-corrected chi connectivity index (χ4v) is 7.55. The van der Waals surface area contributed by atoms with E-state index in [0.717, 1.165) is 51.4 Å². The molecule has 0 bridgehead atoms. The lowest BCUT2D eigenvalue weighted by molar-refractivity contribution is -0.184. The first-order chi connectivity index (χ1) is 11.8. The SMILES string of the molecule is CC(=O)O[C@H]1CCC2C3C(O)CC4C[C@@H](O)CC[C@]4(C)C3CC[C@@]21C. The van der Waals surface area contributed by atoms with Crippen molar-refractivity contribution < 1.29 is 19.7 Å². The molecule has 0 heterocycles. The van der Waals surface area contributed by atoms with Gasteiger partial charge in [0.05, 0.1) is 12.2 Å². The van der Waals surface area contributed by atoms with Crippen LogP contribution in [0.25, 0.3) is 0 Å². The van der Waals surface area contributed by atoms with E-state index in [4.69, 9.17) is 4.74 Å². The lowest BCUT2D eigenvalue weighted by Gasteiger charge is -2.62. The van der Waals surface area contributed by atoms with E-state index < -0.39 is 0 Å². The zero-order chi connectivity index (χ0) is 18.0. The summed E-state index contributed by atoms with van der Waals surface area (Å²) in [4.78, 5) is 11.5. The Kier molecular flexibility index (Phi) is 4.23. The monoisotopic (exact) mass is 350 g/mol. The van der Waals surface area contributed by atoms with E-state index in [1.807, 2.05) is 0 Å². The lowest BCUT2D eigenvalue weighted by Crippen LogP contribution is -2.59. The Morgan fingerprint density at radius 3 is 2.36 bits per heavy atom. The summed E-state index contributed by atoms with van der Waals surface area (Å²) in [5, 5.41) is 21.2. The van der Waals surface area contributed by atoms with E-state index >= 15 is 0 Å². The number of ether oxygens (including phenoxy) is 1. The fraction of sp³-hybridized carbons (Fsp3) is 0.952. The summed E-state index contributed by atoms with van der Waals surface area (Å²) in [6.07, 6.45) is 7.46. The molecule has 2 N–H and O–H groups in total. The van der Waals surface area contributed by atoms with Gasteiger partial charge in [-0.25, -0.2) is 0 Å². The Balaban J connectivity index is 1.62. The van der Waals surface area contributed by atoms with Crippen molar-refractivity contribution in [1.29, 1.82) is 0 Å². The highest BCUT2D eigenvalue weighted by Gasteiger charge is 2.63. The van der Waals surface area contributed by atoms with Crippen molar-refractivity contribution in [2.24, 2.45) is 34.5 Å². The summed E-state index contributed by atoms with van der Waals surface area (Å²) in [6.45, 7) is 6.23. The van der Waals surface area contributed by atoms with Gasteiger partial charge in [-0.2, -0.15) is 0 Å². The number of carbonyl (C=O) groups is 1. The predicted octanol–water partition coefficient (Wildman–Crippen LogP) is 3.29. The van der Waals surface area contributed by atoms with Crippen LogP contribution in [-0.4, -0.2) is 34.5 Å². The van der Waals surface area contributed by atoms with Crippen LogP contribution in [0.1, 0.15) is 72.1 Å². The van der Waals surface area contributed by atoms with Crippen molar-refractivity contribution in [3.8, 4) is 0 Å². The third-order valence-electron chi connectivity index (χ3n) is 8.88. The highest BCUT2D eigenvalue weighted by molar-refractivity contribution is 5.66. The average Bonchev–Trinajstić information content (AvgIpc) is 2.85. The molecular formula is C21H34O4. The van der Waals surface area contributed by atoms with Gasteiger partial charge in [-0.3, -0.25) is 4.79 Å². The fourth-order valence-electron chi connectivity index (χ4n) is 7.55. The summed E-state index contributed by atoms with van der Waals surface area (Å²) in [7, 11) is 0. The van der Waals surface area contributed by atoms with Crippen LogP contribution in [0.2, 0.25) is 0 Å². The molecule has 142 valence electrons. The van der Waals surface area contributed by atoms with Gasteiger partial charge < -0.3 is 14.9 Å². The number of fused-ring (bicyclic) bond motifs is 5. The molecule has 0 aromatic heterocycles. The molecule has 0 aromatic rings. The largest absolute Gasteiger partial charge is 0.462 e. The highest BCUT2D eigenvalue weighted by Crippen LogP contribution is 2.66. The molecule has 0 radical (unpaired) electrons. The van der Waals surface area contributed by atoms with Gasteiger partial charge in [-0.15, -0.1) is 0 Å². The van der Waals surface area contributed by atoms with Crippen molar-refractivity contribution in [2.75, 3.05) is 0 Å². The van der Waals surface area contributed by atoms with Crippen molar-refractivity contribution in [2.45, 2.75) is 90.4 Å². The molecule has 4 nitrogen and oxygen atoms in total. The second-order valence-electron chi connectivity index (χ2n) is 9.94. The number of aliphatic hydroxyl groups is 2. The lowest BCUT2D eigenvalue weighted by atomic mass is 9.44. The minimum absolute atomic E-state index is 0.0156. The predicted molar refractivity (Wildman–Crippen MR) is 94.7 cm³/mol. The number of hydrogen-bond acceptors (Lipinski definition) is 4. The van der Waals surface area contributed by atoms with E-state index in [2.05, 4.69) is 13.8 Å². The molecule has 4 saturated carbocycles. The molecule has 9 atom stereocenters. The molecule has 4 aliphatic carbocycles. The van der Waals surface area contributed by atoms with E-state index in [-0.39, 0.29) is 35.1 Å². The first-order valence-corrected chi connectivity index (χ1v) is 10.3. The summed E-state index contributed by atoms with van der Waals surface area (Å²) in [5.74, 6) is 1.60.